The second kappa shape index (κ2) is 13.3. The Balaban J connectivity index is 2.08. The minimum absolute atomic E-state index is 0.0564. The van der Waals surface area contributed by atoms with Crippen molar-refractivity contribution in [2.75, 3.05) is 31.5 Å². The van der Waals surface area contributed by atoms with Crippen LogP contribution in [0.5, 0.6) is 0 Å². The van der Waals surface area contributed by atoms with Gasteiger partial charge in [0.2, 0.25) is 11.8 Å². The van der Waals surface area contributed by atoms with Gasteiger partial charge >= 0.3 is 10.2 Å². The van der Waals surface area contributed by atoms with Crippen LogP contribution in [-0.4, -0.2) is 62.7 Å². The molecule has 1 N–H and O–H groups in total. The predicted molar refractivity (Wildman–Crippen MR) is 151 cm³/mol. The molecular weight excluding hydrogens is 519 g/mol. The summed E-state index contributed by atoms with van der Waals surface area (Å²) in [5.41, 5.74) is 2.38. The van der Waals surface area contributed by atoms with Crippen LogP contribution in [0.15, 0.2) is 78.9 Å². The van der Waals surface area contributed by atoms with Crippen molar-refractivity contribution >= 4 is 27.7 Å². The van der Waals surface area contributed by atoms with Crippen LogP contribution in [0.4, 0.5) is 10.1 Å². The molecule has 0 spiro atoms. The Morgan fingerprint density at radius 3 is 2.10 bits per heavy atom. The van der Waals surface area contributed by atoms with Crippen LogP contribution in [0.3, 0.4) is 0 Å². The number of para-hydroxylation sites is 1. The zero-order chi connectivity index (χ0) is 28.6. The minimum Gasteiger partial charge on any atom is -0.355 e. The maximum atomic E-state index is 14.8. The van der Waals surface area contributed by atoms with Gasteiger partial charge in [0, 0.05) is 33.6 Å². The van der Waals surface area contributed by atoms with Crippen LogP contribution in [0.25, 0.3) is 0 Å². The summed E-state index contributed by atoms with van der Waals surface area (Å²) >= 11 is 0. The lowest BCUT2D eigenvalue weighted by Crippen LogP contribution is -2.54. The zero-order valence-electron chi connectivity index (χ0n) is 22.7. The number of halogens is 1. The largest absolute Gasteiger partial charge is 0.355 e. The molecule has 0 aromatic heterocycles. The lowest BCUT2D eigenvalue weighted by atomic mass is 10.0. The smallest absolute Gasteiger partial charge is 0.304 e. The van der Waals surface area contributed by atoms with E-state index in [9.17, 15) is 22.4 Å². The van der Waals surface area contributed by atoms with Crippen molar-refractivity contribution in [1.29, 1.82) is 0 Å². The number of aryl methyl sites for hydroxylation is 1. The average Bonchev–Trinajstić information content (AvgIpc) is 2.91. The minimum atomic E-state index is -4.26. The lowest BCUT2D eigenvalue weighted by molar-refractivity contribution is -0.140. The van der Waals surface area contributed by atoms with Crippen molar-refractivity contribution in [1.82, 2.24) is 14.5 Å². The molecule has 39 heavy (non-hydrogen) atoms. The first kappa shape index (κ1) is 29.8. The third-order valence-corrected chi connectivity index (χ3v) is 8.04. The molecule has 3 aromatic rings. The summed E-state index contributed by atoms with van der Waals surface area (Å²) in [6.07, 6.45) is 0.213. The molecule has 0 heterocycles. The van der Waals surface area contributed by atoms with Gasteiger partial charge in [-0.05, 0) is 37.1 Å². The van der Waals surface area contributed by atoms with Crippen molar-refractivity contribution in [3.8, 4) is 0 Å². The van der Waals surface area contributed by atoms with E-state index >= 15 is 0 Å². The Morgan fingerprint density at radius 1 is 0.897 bits per heavy atom. The first-order valence-electron chi connectivity index (χ1n) is 12.7. The topological polar surface area (TPSA) is 90.0 Å². The Morgan fingerprint density at radius 2 is 1.51 bits per heavy atom. The van der Waals surface area contributed by atoms with Gasteiger partial charge in [0.15, 0.2) is 0 Å². The zero-order valence-corrected chi connectivity index (χ0v) is 23.5. The van der Waals surface area contributed by atoms with Gasteiger partial charge < -0.3 is 10.2 Å². The Bertz CT molecular complexity index is 1370. The summed E-state index contributed by atoms with van der Waals surface area (Å²) < 4.78 is 43.0. The standard InChI is InChI=1S/C29H35FN4O4S/c1-5-31-29(36)27(19-23-11-7-6-8-12-23)33(20-24-17-15-22(2)16-18-24)28(35)21-34(39(37,38)32(3)4)26-14-10-9-13-25(26)30/h6-18,27H,5,19-21H2,1-4H3,(H,31,36)/t27-/m1/s1. The molecule has 8 nitrogen and oxygen atoms in total. The number of anilines is 1. The van der Waals surface area contributed by atoms with Gasteiger partial charge in [-0.15, -0.1) is 0 Å². The molecular formula is C29H35FN4O4S. The fourth-order valence-corrected chi connectivity index (χ4v) is 5.16. The Kier molecular flexibility index (Phi) is 10.2. The molecule has 10 heteroatoms. The van der Waals surface area contributed by atoms with Gasteiger partial charge in [0.1, 0.15) is 18.4 Å². The van der Waals surface area contributed by atoms with E-state index in [0.717, 1.165) is 31.4 Å². The maximum Gasteiger partial charge on any atom is 0.304 e. The fourth-order valence-electron chi connectivity index (χ4n) is 4.09. The van der Waals surface area contributed by atoms with Crippen molar-refractivity contribution in [2.45, 2.75) is 32.9 Å². The predicted octanol–water partition coefficient (Wildman–Crippen LogP) is 3.52. The SMILES string of the molecule is CCNC(=O)[C@@H](Cc1ccccc1)N(Cc1ccc(C)cc1)C(=O)CN(c1ccccc1F)S(=O)(=O)N(C)C. The number of hydrogen-bond acceptors (Lipinski definition) is 4. The van der Waals surface area contributed by atoms with Gasteiger partial charge in [0.25, 0.3) is 0 Å². The lowest BCUT2D eigenvalue weighted by Gasteiger charge is -2.34. The molecule has 208 valence electrons. The highest BCUT2D eigenvalue weighted by Gasteiger charge is 2.35. The molecule has 0 aliphatic heterocycles. The monoisotopic (exact) mass is 554 g/mol. The summed E-state index contributed by atoms with van der Waals surface area (Å²) in [7, 11) is -1.64. The Hall–Kier alpha value is -3.76. The highest BCUT2D eigenvalue weighted by Crippen LogP contribution is 2.24. The third kappa shape index (κ3) is 7.64. The van der Waals surface area contributed by atoms with Gasteiger partial charge in [0.05, 0.1) is 5.69 Å². The van der Waals surface area contributed by atoms with E-state index in [2.05, 4.69) is 5.32 Å². The first-order chi connectivity index (χ1) is 18.5. The van der Waals surface area contributed by atoms with Crippen LogP contribution < -0.4 is 9.62 Å². The number of amides is 2. The molecule has 0 fully saturated rings. The molecule has 2 amide bonds. The van der Waals surface area contributed by atoms with Crippen molar-refractivity contribution < 1.29 is 22.4 Å². The van der Waals surface area contributed by atoms with E-state index in [4.69, 9.17) is 0 Å². The molecule has 0 unspecified atom stereocenters. The molecule has 0 aliphatic carbocycles. The van der Waals surface area contributed by atoms with E-state index < -0.39 is 34.5 Å². The number of carbonyl (C=O) groups is 2. The normalized spacial score (nSPS) is 12.2. The number of rotatable bonds is 12. The molecule has 3 aromatic carbocycles. The van der Waals surface area contributed by atoms with Crippen molar-refractivity contribution in [3.63, 3.8) is 0 Å². The second-order valence-electron chi connectivity index (χ2n) is 9.36. The molecule has 1 atom stereocenters. The molecule has 0 saturated carbocycles. The quantitative estimate of drug-likeness (QED) is 0.371. The van der Waals surface area contributed by atoms with Gasteiger partial charge in [-0.3, -0.25) is 9.59 Å². The van der Waals surface area contributed by atoms with E-state index in [1.54, 1.807) is 6.92 Å². The van der Waals surface area contributed by atoms with Gasteiger partial charge in [-0.1, -0.05) is 72.3 Å². The number of nitrogens with one attached hydrogen (secondary N) is 1. The van der Waals surface area contributed by atoms with Crippen LogP contribution in [0.2, 0.25) is 0 Å². The molecule has 3 rings (SSSR count). The first-order valence-corrected chi connectivity index (χ1v) is 14.1. The third-order valence-electron chi connectivity index (χ3n) is 6.24. The Labute approximate surface area is 230 Å². The van der Waals surface area contributed by atoms with E-state index in [0.29, 0.717) is 6.54 Å². The summed E-state index contributed by atoms with van der Waals surface area (Å²) in [4.78, 5) is 28.7. The summed E-state index contributed by atoms with van der Waals surface area (Å²) in [5.74, 6) is -1.79. The fraction of sp³-hybridized carbons (Fsp3) is 0.310. The summed E-state index contributed by atoms with van der Waals surface area (Å²) in [5, 5.41) is 2.81. The molecule has 0 saturated heterocycles. The highest BCUT2D eigenvalue weighted by molar-refractivity contribution is 7.90. The molecule has 0 radical (unpaired) electrons. The van der Waals surface area contributed by atoms with Crippen LogP contribution in [-0.2, 0) is 32.8 Å². The van der Waals surface area contributed by atoms with Gasteiger partial charge in [-0.25, -0.2) is 8.70 Å². The van der Waals surface area contributed by atoms with Gasteiger partial charge in [-0.2, -0.15) is 12.7 Å². The van der Waals surface area contributed by atoms with E-state index in [1.165, 1.54) is 37.2 Å². The van der Waals surface area contributed by atoms with Crippen LogP contribution in [0.1, 0.15) is 23.6 Å². The number of nitrogens with zero attached hydrogens (tertiary/aromatic N) is 3. The van der Waals surface area contributed by atoms with Crippen LogP contribution in [0, 0.1) is 12.7 Å². The maximum absolute atomic E-state index is 14.8. The van der Waals surface area contributed by atoms with Crippen molar-refractivity contribution in [2.24, 2.45) is 0 Å². The van der Waals surface area contributed by atoms with Crippen molar-refractivity contribution in [3.05, 3.63) is 101 Å². The van der Waals surface area contributed by atoms with Crippen LogP contribution >= 0.6 is 0 Å². The number of carbonyl (C=O) groups excluding carboxylic acids is 2. The summed E-state index contributed by atoms with van der Waals surface area (Å²) in [6, 6.07) is 21.2. The number of likely N-dealkylation sites (N-methyl/N-ethyl adjacent to an activating group) is 1. The molecule has 0 bridgehead atoms. The number of hydrogen-bond donors (Lipinski definition) is 1. The number of benzene rings is 3. The van der Waals surface area contributed by atoms with E-state index in [-0.39, 0.29) is 24.6 Å². The second-order valence-corrected chi connectivity index (χ2v) is 11.4. The average molecular weight is 555 g/mol. The summed E-state index contributed by atoms with van der Waals surface area (Å²) in [6.45, 7) is 3.44. The van der Waals surface area contributed by atoms with E-state index in [1.807, 2.05) is 61.5 Å². The highest BCUT2D eigenvalue weighted by atomic mass is 32.2. The molecule has 0 aliphatic rings.